The molecule has 0 N–H and O–H groups in total. The molecule has 0 saturated carbocycles. The number of hydrogen-bond acceptors (Lipinski definition) is 3. The maximum atomic E-state index is 13.3. The zero-order chi connectivity index (χ0) is 21.2. The third-order valence-corrected chi connectivity index (χ3v) is 6.14. The summed E-state index contributed by atoms with van der Waals surface area (Å²) < 4.78 is 66.5. The van der Waals surface area contributed by atoms with Gasteiger partial charge in [-0.3, -0.25) is 0 Å². The molecule has 0 radical (unpaired) electrons. The highest BCUT2D eigenvalue weighted by Crippen LogP contribution is 2.35. The van der Waals surface area contributed by atoms with Gasteiger partial charge in [0, 0.05) is 6.20 Å². The van der Waals surface area contributed by atoms with Gasteiger partial charge in [-0.25, -0.2) is 17.7 Å². The number of anilines is 1. The van der Waals surface area contributed by atoms with Crippen molar-refractivity contribution in [3.63, 3.8) is 0 Å². The first-order valence-corrected chi connectivity index (χ1v) is 10.3. The van der Waals surface area contributed by atoms with Gasteiger partial charge in [0.25, 0.3) is 10.0 Å². The van der Waals surface area contributed by atoms with Gasteiger partial charge in [0.1, 0.15) is 0 Å². The molecule has 3 aromatic rings. The Kier molecular flexibility index (Phi) is 5.86. The molecule has 29 heavy (non-hydrogen) atoms. The number of aromatic nitrogens is 1. The highest BCUT2D eigenvalue weighted by Gasteiger charge is 2.34. The lowest BCUT2D eigenvalue weighted by atomic mass is 10.2. The summed E-state index contributed by atoms with van der Waals surface area (Å²) in [7, 11) is -4.14. The minimum Gasteiger partial charge on any atom is -0.244 e. The molecule has 0 atom stereocenters. The van der Waals surface area contributed by atoms with E-state index in [2.05, 4.69) is 4.98 Å². The van der Waals surface area contributed by atoms with Crippen LogP contribution in [0.1, 0.15) is 16.7 Å². The molecule has 0 unspecified atom stereocenters. The Morgan fingerprint density at radius 1 is 1.03 bits per heavy atom. The molecule has 9 heteroatoms. The van der Waals surface area contributed by atoms with Crippen LogP contribution in [0.2, 0.25) is 5.02 Å². The van der Waals surface area contributed by atoms with Crippen LogP contribution < -0.4 is 4.31 Å². The standard InChI is InChI=1S/C20H16ClF3N2O2S/c1-14-6-5-9-17(10-14)29(27,28)26(13-15-7-3-2-4-8-15)19-18(21)11-16(12-25-19)20(22,23)24/h2-12H,13H2,1H3. The SMILES string of the molecule is Cc1cccc(S(=O)(=O)N(Cc2ccccc2)c2ncc(C(F)(F)F)cc2Cl)c1. The van der Waals surface area contributed by atoms with Crippen LogP contribution in [0.25, 0.3) is 0 Å². The molecule has 1 heterocycles. The van der Waals surface area contributed by atoms with Gasteiger partial charge < -0.3 is 0 Å². The first kappa shape index (κ1) is 21.1. The second kappa shape index (κ2) is 8.04. The Morgan fingerprint density at radius 2 is 1.72 bits per heavy atom. The molecule has 1 aromatic heterocycles. The van der Waals surface area contributed by atoms with Crippen molar-refractivity contribution in [3.8, 4) is 0 Å². The van der Waals surface area contributed by atoms with E-state index in [0.29, 0.717) is 17.8 Å². The van der Waals surface area contributed by atoms with E-state index in [1.807, 2.05) is 0 Å². The fourth-order valence-electron chi connectivity index (χ4n) is 2.70. The normalized spacial score (nSPS) is 12.0. The Morgan fingerprint density at radius 3 is 2.31 bits per heavy atom. The zero-order valence-electron chi connectivity index (χ0n) is 15.2. The maximum Gasteiger partial charge on any atom is 0.417 e. The number of halogens is 4. The molecule has 2 aromatic carbocycles. The molecule has 0 aliphatic carbocycles. The van der Waals surface area contributed by atoms with Gasteiger partial charge in [0.2, 0.25) is 0 Å². The van der Waals surface area contributed by atoms with E-state index in [4.69, 9.17) is 11.6 Å². The zero-order valence-corrected chi connectivity index (χ0v) is 16.8. The van der Waals surface area contributed by atoms with Crippen molar-refractivity contribution in [2.45, 2.75) is 24.5 Å². The van der Waals surface area contributed by atoms with E-state index in [0.717, 1.165) is 9.87 Å². The van der Waals surface area contributed by atoms with Crippen molar-refractivity contribution in [2.24, 2.45) is 0 Å². The number of benzene rings is 2. The van der Waals surface area contributed by atoms with E-state index in [1.54, 1.807) is 49.4 Å². The largest absolute Gasteiger partial charge is 0.417 e. The highest BCUT2D eigenvalue weighted by molar-refractivity contribution is 7.92. The number of aryl methyl sites for hydroxylation is 1. The summed E-state index contributed by atoms with van der Waals surface area (Å²) in [4.78, 5) is 3.74. The van der Waals surface area contributed by atoms with Gasteiger partial charge in [-0.05, 0) is 36.2 Å². The number of sulfonamides is 1. The van der Waals surface area contributed by atoms with Crippen LogP contribution in [0.15, 0.2) is 71.8 Å². The van der Waals surface area contributed by atoms with Crippen molar-refractivity contribution in [1.82, 2.24) is 4.98 Å². The van der Waals surface area contributed by atoms with Crippen molar-refractivity contribution >= 4 is 27.4 Å². The number of hydrogen-bond donors (Lipinski definition) is 0. The Labute approximate surface area is 171 Å². The lowest BCUT2D eigenvalue weighted by Gasteiger charge is -2.25. The first-order valence-electron chi connectivity index (χ1n) is 8.45. The minimum absolute atomic E-state index is 0.00815. The van der Waals surface area contributed by atoms with E-state index in [1.165, 1.54) is 12.1 Å². The van der Waals surface area contributed by atoms with E-state index in [-0.39, 0.29) is 17.3 Å². The smallest absolute Gasteiger partial charge is 0.244 e. The van der Waals surface area contributed by atoms with Crippen LogP contribution in [-0.2, 0) is 22.7 Å². The molecule has 0 saturated heterocycles. The molecule has 0 aliphatic rings. The summed E-state index contributed by atoms with van der Waals surface area (Å²) in [5.41, 5.74) is 0.289. The maximum absolute atomic E-state index is 13.3. The lowest BCUT2D eigenvalue weighted by molar-refractivity contribution is -0.137. The summed E-state index contributed by atoms with van der Waals surface area (Å²) in [6, 6.07) is 15.5. The fraction of sp³-hybridized carbons (Fsp3) is 0.150. The summed E-state index contributed by atoms with van der Waals surface area (Å²) in [5.74, 6) is -0.273. The third kappa shape index (κ3) is 4.71. The predicted octanol–water partition coefficient (Wildman–Crippen LogP) is 5.46. The van der Waals surface area contributed by atoms with Gasteiger partial charge in [0.05, 0.1) is 22.0 Å². The van der Waals surface area contributed by atoms with Crippen LogP contribution in [0.4, 0.5) is 19.0 Å². The average molecular weight is 441 g/mol. The second-order valence-electron chi connectivity index (χ2n) is 6.34. The summed E-state index contributed by atoms with van der Waals surface area (Å²) in [6.45, 7) is 1.60. The van der Waals surface area contributed by atoms with E-state index in [9.17, 15) is 21.6 Å². The molecule has 152 valence electrons. The Balaban J connectivity index is 2.14. The number of nitrogens with zero attached hydrogens (tertiary/aromatic N) is 2. The van der Waals surface area contributed by atoms with Crippen LogP contribution >= 0.6 is 11.6 Å². The van der Waals surface area contributed by atoms with Crippen LogP contribution in [0, 0.1) is 6.92 Å². The van der Waals surface area contributed by atoms with Gasteiger partial charge in [-0.1, -0.05) is 54.1 Å². The highest BCUT2D eigenvalue weighted by atomic mass is 35.5. The molecule has 0 aliphatic heterocycles. The Hall–Kier alpha value is -2.58. The predicted molar refractivity (Wildman–Crippen MR) is 105 cm³/mol. The minimum atomic E-state index is -4.64. The van der Waals surface area contributed by atoms with Gasteiger partial charge in [-0.2, -0.15) is 13.2 Å². The molecule has 3 rings (SSSR count). The Bertz CT molecular complexity index is 1120. The number of rotatable bonds is 5. The monoisotopic (exact) mass is 440 g/mol. The molecular weight excluding hydrogens is 425 g/mol. The summed E-state index contributed by atoms with van der Waals surface area (Å²) >= 11 is 6.05. The van der Waals surface area contributed by atoms with Crippen molar-refractivity contribution in [1.29, 1.82) is 0 Å². The fourth-order valence-corrected chi connectivity index (χ4v) is 4.55. The van der Waals surface area contributed by atoms with E-state index < -0.39 is 26.8 Å². The summed E-state index contributed by atoms with van der Waals surface area (Å²) in [6.07, 6.45) is -4.07. The van der Waals surface area contributed by atoms with Crippen LogP contribution in [0.5, 0.6) is 0 Å². The van der Waals surface area contributed by atoms with Crippen LogP contribution in [-0.4, -0.2) is 13.4 Å². The summed E-state index contributed by atoms with van der Waals surface area (Å²) in [5, 5.41) is -0.410. The lowest BCUT2D eigenvalue weighted by Crippen LogP contribution is -2.31. The topological polar surface area (TPSA) is 50.3 Å². The molecular formula is C20H16ClF3N2O2S. The molecule has 0 amide bonds. The molecule has 0 spiro atoms. The molecule has 4 nitrogen and oxygen atoms in total. The van der Waals surface area contributed by atoms with Crippen LogP contribution in [0.3, 0.4) is 0 Å². The number of alkyl halides is 3. The van der Waals surface area contributed by atoms with Gasteiger partial charge >= 0.3 is 6.18 Å². The van der Waals surface area contributed by atoms with Crippen molar-refractivity contribution in [3.05, 3.63) is 88.6 Å². The second-order valence-corrected chi connectivity index (χ2v) is 8.61. The third-order valence-electron chi connectivity index (χ3n) is 4.13. The van der Waals surface area contributed by atoms with Gasteiger partial charge in [-0.15, -0.1) is 0 Å². The van der Waals surface area contributed by atoms with E-state index >= 15 is 0 Å². The number of pyridine rings is 1. The van der Waals surface area contributed by atoms with Crippen molar-refractivity contribution < 1.29 is 21.6 Å². The van der Waals surface area contributed by atoms with Gasteiger partial charge in [0.15, 0.2) is 5.82 Å². The van der Waals surface area contributed by atoms with Crippen molar-refractivity contribution in [2.75, 3.05) is 4.31 Å². The molecule has 0 fully saturated rings. The quantitative estimate of drug-likeness (QED) is 0.529. The molecule has 0 bridgehead atoms. The first-order chi connectivity index (χ1) is 13.6. The average Bonchev–Trinajstić information content (AvgIpc) is 2.66.